The highest BCUT2D eigenvalue weighted by atomic mass is 19.1. The Morgan fingerprint density at radius 1 is 1.11 bits per heavy atom. The average Bonchev–Trinajstić information content (AvgIpc) is 3.57. The van der Waals surface area contributed by atoms with Crippen molar-refractivity contribution in [3.8, 4) is 0 Å². The summed E-state index contributed by atoms with van der Waals surface area (Å²) >= 11 is 0. The largest absolute Gasteiger partial charge is 0.467 e. The molecule has 0 aliphatic rings. The van der Waals surface area contributed by atoms with Crippen molar-refractivity contribution in [1.82, 2.24) is 30.1 Å². The number of fused-ring (bicyclic) bond motifs is 1. The highest BCUT2D eigenvalue weighted by molar-refractivity contribution is 5.83. The second kappa shape index (κ2) is 10.5. The molecular weight excluding hydrogens is 471 g/mol. The Labute approximate surface area is 213 Å². The molecule has 1 N–H and O–H groups in total. The van der Waals surface area contributed by atoms with E-state index in [0.717, 1.165) is 33.4 Å². The summed E-state index contributed by atoms with van der Waals surface area (Å²) in [5, 5.41) is 13.5. The van der Waals surface area contributed by atoms with Crippen molar-refractivity contribution in [3.05, 3.63) is 111 Å². The van der Waals surface area contributed by atoms with E-state index in [1.54, 1.807) is 23.1 Å². The second-order valence-corrected chi connectivity index (χ2v) is 9.32. The number of aromatic nitrogens is 5. The van der Waals surface area contributed by atoms with Gasteiger partial charge in [0.25, 0.3) is 5.56 Å². The van der Waals surface area contributed by atoms with Gasteiger partial charge in [-0.3, -0.25) is 9.69 Å². The summed E-state index contributed by atoms with van der Waals surface area (Å²) in [6.45, 7) is 7.35. The smallest absolute Gasteiger partial charge is 0.252 e. The third-order valence-corrected chi connectivity index (χ3v) is 6.87. The van der Waals surface area contributed by atoms with Crippen molar-refractivity contribution in [2.75, 3.05) is 0 Å². The van der Waals surface area contributed by atoms with Crippen molar-refractivity contribution in [2.24, 2.45) is 0 Å². The monoisotopic (exact) mass is 500 g/mol. The summed E-state index contributed by atoms with van der Waals surface area (Å²) in [4.78, 5) is 18.5. The summed E-state index contributed by atoms with van der Waals surface area (Å²) in [5.74, 6) is 1.12. The number of nitrogens with one attached hydrogen (secondary N) is 1. The van der Waals surface area contributed by atoms with Gasteiger partial charge in [0, 0.05) is 18.7 Å². The van der Waals surface area contributed by atoms with Gasteiger partial charge in [-0.05, 0) is 83.1 Å². The van der Waals surface area contributed by atoms with Crippen molar-refractivity contribution in [2.45, 2.75) is 52.9 Å². The van der Waals surface area contributed by atoms with Crippen LogP contribution in [0.5, 0.6) is 0 Å². The minimum atomic E-state index is -0.290. The Kier molecular flexibility index (Phi) is 6.96. The summed E-state index contributed by atoms with van der Waals surface area (Å²) in [7, 11) is 0. The lowest BCUT2D eigenvalue weighted by atomic mass is 10.0. The van der Waals surface area contributed by atoms with Crippen molar-refractivity contribution < 1.29 is 8.81 Å². The van der Waals surface area contributed by atoms with Crippen molar-refractivity contribution in [1.29, 1.82) is 0 Å². The molecule has 9 heteroatoms. The number of furan rings is 1. The maximum atomic E-state index is 13.6. The minimum absolute atomic E-state index is 0.129. The fourth-order valence-corrected chi connectivity index (χ4v) is 4.72. The number of hydrogen-bond acceptors (Lipinski definition) is 6. The zero-order valence-corrected chi connectivity index (χ0v) is 21.1. The highest BCUT2D eigenvalue weighted by Crippen LogP contribution is 2.27. The van der Waals surface area contributed by atoms with E-state index in [2.05, 4.69) is 38.4 Å². The van der Waals surface area contributed by atoms with Gasteiger partial charge >= 0.3 is 0 Å². The van der Waals surface area contributed by atoms with Gasteiger partial charge < -0.3 is 9.40 Å². The molecule has 0 saturated heterocycles. The van der Waals surface area contributed by atoms with E-state index in [0.29, 0.717) is 37.4 Å². The van der Waals surface area contributed by atoms with Crippen LogP contribution in [0, 0.1) is 19.7 Å². The van der Waals surface area contributed by atoms with Crippen LogP contribution in [0.3, 0.4) is 0 Å². The molecule has 0 spiro atoms. The van der Waals surface area contributed by atoms with Gasteiger partial charge in [0.1, 0.15) is 18.1 Å². The molecule has 0 fully saturated rings. The first kappa shape index (κ1) is 24.6. The summed E-state index contributed by atoms with van der Waals surface area (Å²) in [5.41, 5.74) is 4.48. The first-order valence-electron chi connectivity index (χ1n) is 12.3. The Balaban J connectivity index is 1.53. The second-order valence-electron chi connectivity index (χ2n) is 9.32. The third-order valence-electron chi connectivity index (χ3n) is 6.87. The van der Waals surface area contributed by atoms with E-state index in [9.17, 15) is 9.18 Å². The molecule has 0 radical (unpaired) electrons. The predicted molar refractivity (Wildman–Crippen MR) is 138 cm³/mol. The predicted octanol–water partition coefficient (Wildman–Crippen LogP) is 5.07. The number of tetrazole rings is 1. The van der Waals surface area contributed by atoms with E-state index in [4.69, 9.17) is 4.42 Å². The maximum Gasteiger partial charge on any atom is 0.252 e. The molecule has 5 aromatic rings. The lowest BCUT2D eigenvalue weighted by Crippen LogP contribution is -2.32. The molecule has 0 aliphatic carbocycles. The molecule has 3 aromatic heterocycles. The molecule has 1 atom stereocenters. The Morgan fingerprint density at radius 3 is 2.65 bits per heavy atom. The van der Waals surface area contributed by atoms with Gasteiger partial charge in [-0.15, -0.1) is 5.10 Å². The number of halogens is 1. The molecule has 3 heterocycles. The molecule has 0 saturated carbocycles. The Hall–Kier alpha value is -4.11. The third kappa shape index (κ3) is 5.22. The van der Waals surface area contributed by atoms with E-state index in [-0.39, 0.29) is 17.4 Å². The van der Waals surface area contributed by atoms with Crippen LogP contribution >= 0.6 is 0 Å². The van der Waals surface area contributed by atoms with E-state index in [1.165, 1.54) is 12.1 Å². The van der Waals surface area contributed by atoms with Crippen LogP contribution in [0.4, 0.5) is 4.39 Å². The Bertz CT molecular complexity index is 1560. The van der Waals surface area contributed by atoms with Gasteiger partial charge in [-0.25, -0.2) is 9.07 Å². The Morgan fingerprint density at radius 2 is 1.92 bits per heavy atom. The minimum Gasteiger partial charge on any atom is -0.467 e. The topological polar surface area (TPSA) is 92.8 Å². The summed E-state index contributed by atoms with van der Waals surface area (Å²) < 4.78 is 20.8. The molecule has 0 amide bonds. The molecule has 0 aliphatic heterocycles. The molecule has 5 rings (SSSR count). The maximum absolute atomic E-state index is 13.6. The van der Waals surface area contributed by atoms with Gasteiger partial charge in [0.05, 0.1) is 17.8 Å². The van der Waals surface area contributed by atoms with Crippen LogP contribution in [0.1, 0.15) is 53.2 Å². The number of nitrogens with zero attached hydrogens (tertiary/aromatic N) is 5. The lowest BCUT2D eigenvalue weighted by molar-refractivity contribution is 0.161. The number of aromatic amines is 1. The number of H-pyrrole nitrogens is 1. The van der Waals surface area contributed by atoms with Crippen LogP contribution in [0.25, 0.3) is 10.9 Å². The SMILES string of the molecule is CC[C@@H](c1nnnn1Cc1ccco1)N(Cc1ccc(F)cc1)Cc1cc2ccc(C)c(C)c2[nH]c1=O. The van der Waals surface area contributed by atoms with Crippen LogP contribution < -0.4 is 5.56 Å². The molecule has 0 unspecified atom stereocenters. The van der Waals surface area contributed by atoms with Gasteiger partial charge in [0.15, 0.2) is 5.82 Å². The van der Waals surface area contributed by atoms with E-state index in [1.807, 2.05) is 38.1 Å². The van der Waals surface area contributed by atoms with Gasteiger partial charge in [0.2, 0.25) is 0 Å². The number of rotatable bonds is 9. The lowest BCUT2D eigenvalue weighted by Gasteiger charge is -2.30. The summed E-state index contributed by atoms with van der Waals surface area (Å²) in [6, 6.07) is 16.0. The summed E-state index contributed by atoms with van der Waals surface area (Å²) in [6.07, 6.45) is 2.32. The zero-order chi connectivity index (χ0) is 25.9. The van der Waals surface area contributed by atoms with Gasteiger partial charge in [-0.1, -0.05) is 31.2 Å². The van der Waals surface area contributed by atoms with Crippen LogP contribution in [-0.4, -0.2) is 30.1 Å². The highest BCUT2D eigenvalue weighted by Gasteiger charge is 2.26. The fraction of sp³-hybridized carbons (Fsp3) is 0.286. The molecule has 2 aromatic carbocycles. The number of hydrogen-bond donors (Lipinski definition) is 1. The zero-order valence-electron chi connectivity index (χ0n) is 21.1. The molecule has 190 valence electrons. The van der Waals surface area contributed by atoms with Crippen LogP contribution in [0.2, 0.25) is 0 Å². The van der Waals surface area contributed by atoms with Crippen LogP contribution in [0.15, 0.2) is 70.1 Å². The van der Waals surface area contributed by atoms with E-state index >= 15 is 0 Å². The number of benzene rings is 2. The normalized spacial score (nSPS) is 12.5. The van der Waals surface area contributed by atoms with Crippen LogP contribution in [-0.2, 0) is 19.6 Å². The standard InChI is InChI=1S/C28H29FN6O2/c1-4-25(27-31-32-33-35(27)17-24-6-5-13-37-24)34(15-20-8-11-23(29)12-9-20)16-22-14-21-10-7-18(2)19(3)26(21)30-28(22)36/h5-14,25H,4,15-17H2,1-3H3,(H,30,36)/t25-/m0/s1. The molecule has 37 heavy (non-hydrogen) atoms. The molecular formula is C28H29FN6O2. The number of pyridine rings is 1. The number of aryl methyl sites for hydroxylation is 2. The average molecular weight is 501 g/mol. The molecule has 8 nitrogen and oxygen atoms in total. The van der Waals surface area contributed by atoms with Gasteiger partial charge in [-0.2, -0.15) is 0 Å². The first-order chi connectivity index (χ1) is 17.9. The quantitative estimate of drug-likeness (QED) is 0.304. The molecule has 0 bridgehead atoms. The fourth-order valence-electron chi connectivity index (χ4n) is 4.72. The first-order valence-corrected chi connectivity index (χ1v) is 12.3. The van der Waals surface area contributed by atoms with Crippen molar-refractivity contribution in [3.63, 3.8) is 0 Å². The van der Waals surface area contributed by atoms with E-state index < -0.39 is 0 Å². The van der Waals surface area contributed by atoms with Crippen molar-refractivity contribution >= 4 is 10.9 Å².